The van der Waals surface area contributed by atoms with Gasteiger partial charge in [-0.25, -0.2) is 4.98 Å². The number of fused-ring (bicyclic) bond motifs is 1. The molecule has 4 heteroatoms. The third kappa shape index (κ3) is 3.95. The van der Waals surface area contributed by atoms with E-state index in [1.807, 2.05) is 79.7 Å². The van der Waals surface area contributed by atoms with Crippen LogP contribution in [0.25, 0.3) is 11.0 Å². The summed E-state index contributed by atoms with van der Waals surface area (Å²) in [5.74, 6) is 2.66. The number of para-hydroxylation sites is 4. The molecule has 0 saturated heterocycles. The molecule has 3 aromatic carbocycles. The van der Waals surface area contributed by atoms with E-state index >= 15 is 0 Å². The van der Waals surface area contributed by atoms with Crippen molar-refractivity contribution in [2.24, 2.45) is 0 Å². The molecule has 0 spiro atoms. The van der Waals surface area contributed by atoms with Crippen LogP contribution < -0.4 is 9.47 Å². The summed E-state index contributed by atoms with van der Waals surface area (Å²) >= 11 is 0. The molecule has 0 saturated carbocycles. The molecule has 4 nitrogen and oxygen atoms in total. The Kier molecular flexibility index (Phi) is 5.06. The van der Waals surface area contributed by atoms with Gasteiger partial charge in [0.1, 0.15) is 30.5 Å². The lowest BCUT2D eigenvalue weighted by Crippen LogP contribution is -2.13. The Morgan fingerprint density at radius 3 is 2.41 bits per heavy atom. The van der Waals surface area contributed by atoms with E-state index in [0.29, 0.717) is 19.8 Å². The van der Waals surface area contributed by atoms with Gasteiger partial charge in [0.2, 0.25) is 0 Å². The van der Waals surface area contributed by atoms with E-state index in [2.05, 4.69) is 10.6 Å². The minimum Gasteiger partial charge on any atom is -0.492 e. The standard InChI is InChI=1S/C23H22N2O2/c1-18-9-5-8-14-22(18)27-17-23-24-20-12-6-7-13-21(20)25(23)15-16-26-19-10-3-2-4-11-19/h2-14H,15-17H2,1H3. The van der Waals surface area contributed by atoms with E-state index in [9.17, 15) is 0 Å². The van der Waals surface area contributed by atoms with E-state index in [1.165, 1.54) is 0 Å². The van der Waals surface area contributed by atoms with Crippen LogP contribution in [0, 0.1) is 6.92 Å². The van der Waals surface area contributed by atoms with Crippen molar-refractivity contribution in [1.82, 2.24) is 9.55 Å². The number of aromatic nitrogens is 2. The molecule has 0 fully saturated rings. The summed E-state index contributed by atoms with van der Waals surface area (Å²) in [5, 5.41) is 0. The Balaban J connectivity index is 1.53. The molecule has 0 atom stereocenters. The van der Waals surface area contributed by atoms with Crippen LogP contribution in [0.4, 0.5) is 0 Å². The lowest BCUT2D eigenvalue weighted by molar-refractivity contribution is 0.271. The smallest absolute Gasteiger partial charge is 0.148 e. The lowest BCUT2D eigenvalue weighted by Gasteiger charge is -2.12. The third-order valence-corrected chi connectivity index (χ3v) is 4.51. The van der Waals surface area contributed by atoms with Crippen molar-refractivity contribution in [1.29, 1.82) is 0 Å². The fraction of sp³-hybridized carbons (Fsp3) is 0.174. The van der Waals surface area contributed by atoms with Crippen molar-refractivity contribution in [2.45, 2.75) is 20.1 Å². The third-order valence-electron chi connectivity index (χ3n) is 4.51. The first-order chi connectivity index (χ1) is 13.3. The summed E-state index contributed by atoms with van der Waals surface area (Å²) in [5.41, 5.74) is 3.19. The van der Waals surface area contributed by atoms with Gasteiger partial charge in [-0.05, 0) is 42.8 Å². The summed E-state index contributed by atoms with van der Waals surface area (Å²) in [7, 11) is 0. The zero-order valence-corrected chi connectivity index (χ0v) is 15.3. The zero-order chi connectivity index (χ0) is 18.5. The highest BCUT2D eigenvalue weighted by atomic mass is 16.5. The van der Waals surface area contributed by atoms with Crippen molar-refractivity contribution in [2.75, 3.05) is 6.61 Å². The van der Waals surface area contributed by atoms with Gasteiger partial charge in [0, 0.05) is 0 Å². The maximum atomic E-state index is 6.03. The minimum absolute atomic E-state index is 0.421. The van der Waals surface area contributed by atoms with Gasteiger partial charge in [0.25, 0.3) is 0 Å². The molecule has 27 heavy (non-hydrogen) atoms. The minimum atomic E-state index is 0.421. The number of imidazole rings is 1. The lowest BCUT2D eigenvalue weighted by atomic mass is 10.2. The molecule has 0 radical (unpaired) electrons. The monoisotopic (exact) mass is 358 g/mol. The average molecular weight is 358 g/mol. The molecule has 0 unspecified atom stereocenters. The molecule has 0 aliphatic rings. The average Bonchev–Trinajstić information content (AvgIpc) is 3.06. The molecule has 4 rings (SSSR count). The van der Waals surface area contributed by atoms with Gasteiger partial charge in [-0.15, -0.1) is 0 Å². The normalized spacial score (nSPS) is 10.9. The Morgan fingerprint density at radius 1 is 0.815 bits per heavy atom. The maximum Gasteiger partial charge on any atom is 0.148 e. The predicted octanol–water partition coefficient (Wildman–Crippen LogP) is 5.00. The highest BCUT2D eigenvalue weighted by Gasteiger charge is 2.11. The predicted molar refractivity (Wildman–Crippen MR) is 107 cm³/mol. The highest BCUT2D eigenvalue weighted by molar-refractivity contribution is 5.75. The number of aryl methyl sites for hydroxylation is 1. The van der Waals surface area contributed by atoms with Crippen LogP contribution in [0.15, 0.2) is 78.9 Å². The molecule has 0 N–H and O–H groups in total. The fourth-order valence-corrected chi connectivity index (χ4v) is 3.12. The second-order valence-corrected chi connectivity index (χ2v) is 6.38. The molecule has 1 heterocycles. The van der Waals surface area contributed by atoms with Gasteiger partial charge >= 0.3 is 0 Å². The first kappa shape index (κ1) is 17.2. The van der Waals surface area contributed by atoms with Gasteiger partial charge in [0.15, 0.2) is 0 Å². The molecular formula is C23H22N2O2. The summed E-state index contributed by atoms with van der Waals surface area (Å²) in [6.45, 7) is 3.75. The summed E-state index contributed by atoms with van der Waals surface area (Å²) in [6, 6.07) is 26.1. The highest BCUT2D eigenvalue weighted by Crippen LogP contribution is 2.21. The Bertz CT molecular complexity index is 1020. The van der Waals surface area contributed by atoms with E-state index in [-0.39, 0.29) is 0 Å². The van der Waals surface area contributed by atoms with Gasteiger partial charge < -0.3 is 14.0 Å². The van der Waals surface area contributed by atoms with Crippen LogP contribution in [0.2, 0.25) is 0 Å². The molecule has 1 aromatic heterocycles. The number of rotatable bonds is 7. The van der Waals surface area contributed by atoms with Crippen molar-refractivity contribution in [3.05, 3.63) is 90.3 Å². The SMILES string of the molecule is Cc1ccccc1OCc1nc2ccccc2n1CCOc1ccccc1. The van der Waals surface area contributed by atoms with Crippen LogP contribution in [-0.4, -0.2) is 16.2 Å². The van der Waals surface area contributed by atoms with Crippen LogP contribution in [0.5, 0.6) is 11.5 Å². The second kappa shape index (κ2) is 7.96. The van der Waals surface area contributed by atoms with Crippen LogP contribution in [0.3, 0.4) is 0 Å². The van der Waals surface area contributed by atoms with Crippen molar-refractivity contribution < 1.29 is 9.47 Å². The number of hydrogen-bond donors (Lipinski definition) is 0. The molecular weight excluding hydrogens is 336 g/mol. The van der Waals surface area contributed by atoms with Gasteiger partial charge in [-0.2, -0.15) is 0 Å². The summed E-state index contributed by atoms with van der Waals surface area (Å²) in [6.07, 6.45) is 0. The molecule has 136 valence electrons. The Hall–Kier alpha value is -3.27. The second-order valence-electron chi connectivity index (χ2n) is 6.38. The first-order valence-electron chi connectivity index (χ1n) is 9.12. The van der Waals surface area contributed by atoms with Crippen molar-refractivity contribution >= 4 is 11.0 Å². The van der Waals surface area contributed by atoms with Gasteiger partial charge in [0.05, 0.1) is 17.6 Å². The van der Waals surface area contributed by atoms with Crippen LogP contribution >= 0.6 is 0 Å². The molecule has 0 amide bonds. The first-order valence-corrected chi connectivity index (χ1v) is 9.12. The summed E-state index contributed by atoms with van der Waals surface area (Å²) in [4.78, 5) is 4.77. The topological polar surface area (TPSA) is 36.3 Å². The number of benzene rings is 3. The number of ether oxygens (including phenoxy) is 2. The molecule has 0 aliphatic heterocycles. The molecule has 0 aliphatic carbocycles. The maximum absolute atomic E-state index is 6.03. The number of nitrogens with zero attached hydrogens (tertiary/aromatic N) is 2. The summed E-state index contributed by atoms with van der Waals surface area (Å²) < 4.78 is 14.1. The van der Waals surface area contributed by atoms with Gasteiger partial charge in [-0.3, -0.25) is 0 Å². The van der Waals surface area contributed by atoms with E-state index in [0.717, 1.165) is 33.9 Å². The van der Waals surface area contributed by atoms with E-state index < -0.39 is 0 Å². The zero-order valence-electron chi connectivity index (χ0n) is 15.3. The van der Waals surface area contributed by atoms with Crippen molar-refractivity contribution in [3.63, 3.8) is 0 Å². The Morgan fingerprint density at radius 2 is 1.56 bits per heavy atom. The van der Waals surface area contributed by atoms with E-state index in [4.69, 9.17) is 14.5 Å². The quantitative estimate of drug-likeness (QED) is 0.466. The van der Waals surface area contributed by atoms with E-state index in [1.54, 1.807) is 0 Å². The molecule has 0 bridgehead atoms. The van der Waals surface area contributed by atoms with Crippen LogP contribution in [0.1, 0.15) is 11.4 Å². The largest absolute Gasteiger partial charge is 0.492 e. The molecule has 4 aromatic rings. The fourth-order valence-electron chi connectivity index (χ4n) is 3.12. The van der Waals surface area contributed by atoms with Crippen molar-refractivity contribution in [3.8, 4) is 11.5 Å². The van der Waals surface area contributed by atoms with Crippen LogP contribution in [-0.2, 0) is 13.2 Å². The Labute approximate surface area is 159 Å². The van der Waals surface area contributed by atoms with Gasteiger partial charge in [-0.1, -0.05) is 48.5 Å². The number of hydrogen-bond acceptors (Lipinski definition) is 3.